The lowest BCUT2D eigenvalue weighted by Crippen LogP contribution is -2.21. The largest absolute Gasteiger partial charge is 0.496 e. The molecule has 1 rings (SSSR count). The summed E-state index contributed by atoms with van der Waals surface area (Å²) in [6.07, 6.45) is -0.272. The maximum Gasteiger partial charge on any atom is 0.328 e. The summed E-state index contributed by atoms with van der Waals surface area (Å²) in [4.78, 5) is 13.1. The van der Waals surface area contributed by atoms with E-state index in [0.29, 0.717) is 16.9 Å². The highest BCUT2D eigenvalue weighted by Gasteiger charge is 2.18. The van der Waals surface area contributed by atoms with E-state index in [4.69, 9.17) is 15.4 Å². The van der Waals surface area contributed by atoms with E-state index in [1.165, 1.54) is 25.3 Å². The third kappa shape index (κ3) is 4.81. The molecule has 8 heteroatoms. The molecule has 8 nitrogen and oxygen atoms in total. The minimum Gasteiger partial charge on any atom is -0.496 e. The van der Waals surface area contributed by atoms with Gasteiger partial charge >= 0.3 is 5.97 Å². The van der Waals surface area contributed by atoms with Crippen molar-refractivity contribution in [2.45, 2.75) is 12.2 Å². The van der Waals surface area contributed by atoms with Crippen LogP contribution in [-0.4, -0.2) is 41.0 Å². The molecular weight excluding hydrogens is 278 g/mol. The van der Waals surface area contributed by atoms with E-state index in [0.717, 1.165) is 6.08 Å². The second-order valence-electron chi connectivity index (χ2n) is 4.10. The number of aliphatic hydroxyl groups is 2. The van der Waals surface area contributed by atoms with Crippen molar-refractivity contribution in [3.8, 4) is 5.75 Å². The van der Waals surface area contributed by atoms with Gasteiger partial charge in [-0.05, 0) is 29.3 Å². The summed E-state index contributed by atoms with van der Waals surface area (Å²) >= 11 is 0. The van der Waals surface area contributed by atoms with E-state index < -0.39 is 18.2 Å². The highest BCUT2D eigenvalue weighted by atomic mass is 16.5. The highest BCUT2D eigenvalue weighted by Crippen LogP contribution is 2.26. The Labute approximate surface area is 120 Å². The van der Waals surface area contributed by atoms with E-state index >= 15 is 0 Å². The molecule has 1 aromatic carbocycles. The lowest BCUT2D eigenvalue weighted by Gasteiger charge is -2.17. The number of benzene rings is 1. The molecule has 0 spiro atoms. The summed E-state index contributed by atoms with van der Waals surface area (Å²) in [7, 11) is 1.43. The van der Waals surface area contributed by atoms with Crippen LogP contribution in [0.25, 0.3) is 16.5 Å². The number of nitrogens with zero attached hydrogens (tertiary/aromatic N) is 3. The summed E-state index contributed by atoms with van der Waals surface area (Å²) in [5, 5.41) is 31.5. The van der Waals surface area contributed by atoms with Crippen LogP contribution in [0.2, 0.25) is 0 Å². The fourth-order valence-corrected chi connectivity index (χ4v) is 1.67. The minimum atomic E-state index is -1.27. The first kappa shape index (κ1) is 16.5. The summed E-state index contributed by atoms with van der Waals surface area (Å²) in [6, 6.07) is 4.56. The summed E-state index contributed by atoms with van der Waals surface area (Å²) in [6.45, 7) is -0.274. The van der Waals surface area contributed by atoms with E-state index in [1.54, 1.807) is 6.07 Å². The predicted octanol–water partition coefficient (Wildman–Crippen LogP) is 1.50. The lowest BCUT2D eigenvalue weighted by molar-refractivity contribution is -0.131. The number of carboxylic acid groups (broad SMARTS) is 1. The number of aliphatic carboxylic acids is 1. The quantitative estimate of drug-likeness (QED) is 0.303. The first-order chi connectivity index (χ1) is 9.99. The van der Waals surface area contributed by atoms with Gasteiger partial charge in [0.25, 0.3) is 0 Å². The molecule has 0 aromatic heterocycles. The number of rotatable bonds is 7. The number of carboxylic acids is 1. The third-order valence-corrected chi connectivity index (χ3v) is 2.70. The average molecular weight is 293 g/mol. The Morgan fingerprint density at radius 1 is 1.52 bits per heavy atom. The molecule has 112 valence electrons. The second kappa shape index (κ2) is 7.91. The third-order valence-electron chi connectivity index (χ3n) is 2.70. The molecule has 0 bridgehead atoms. The van der Waals surface area contributed by atoms with Crippen molar-refractivity contribution in [2.24, 2.45) is 5.11 Å². The zero-order valence-corrected chi connectivity index (χ0v) is 11.2. The molecular formula is C13H15N3O5. The van der Waals surface area contributed by atoms with Gasteiger partial charge in [-0.15, -0.1) is 0 Å². The smallest absolute Gasteiger partial charge is 0.328 e. The second-order valence-corrected chi connectivity index (χ2v) is 4.10. The van der Waals surface area contributed by atoms with Crippen LogP contribution < -0.4 is 4.74 Å². The Kier molecular flexibility index (Phi) is 6.22. The zero-order valence-electron chi connectivity index (χ0n) is 11.2. The van der Waals surface area contributed by atoms with Gasteiger partial charge in [0.2, 0.25) is 0 Å². The zero-order chi connectivity index (χ0) is 15.8. The van der Waals surface area contributed by atoms with Gasteiger partial charge in [-0.1, -0.05) is 11.2 Å². The number of aliphatic hydroxyl groups excluding tert-OH is 2. The molecule has 1 aromatic rings. The van der Waals surface area contributed by atoms with Crippen molar-refractivity contribution < 1.29 is 24.9 Å². The van der Waals surface area contributed by atoms with Crippen LogP contribution >= 0.6 is 0 Å². The minimum absolute atomic E-state index is 0.274. The first-order valence-corrected chi connectivity index (χ1v) is 5.95. The molecule has 0 amide bonds. The molecule has 2 unspecified atom stereocenters. The van der Waals surface area contributed by atoms with Crippen LogP contribution in [0.5, 0.6) is 5.75 Å². The van der Waals surface area contributed by atoms with Crippen LogP contribution in [0.3, 0.4) is 0 Å². The van der Waals surface area contributed by atoms with Crippen molar-refractivity contribution in [1.82, 2.24) is 0 Å². The number of hydrogen-bond acceptors (Lipinski definition) is 5. The normalized spacial score (nSPS) is 13.5. The topological polar surface area (TPSA) is 136 Å². The molecule has 2 atom stereocenters. The molecule has 0 aliphatic heterocycles. The standard InChI is InChI=1S/C13H15N3O5/c1-21-11-4-2-9(6-8(11)3-5-12(18)19)13(20)10(17)7-15-16-14/h2-6,10,13,17,20H,7H2,1H3,(H,18,19)/b5-3+. The number of azide groups is 1. The molecule has 0 fully saturated rings. The molecule has 21 heavy (non-hydrogen) atoms. The van der Waals surface area contributed by atoms with Crippen LogP contribution in [0.15, 0.2) is 29.4 Å². The Bertz CT molecular complexity index is 581. The van der Waals surface area contributed by atoms with E-state index in [2.05, 4.69) is 10.0 Å². The summed E-state index contributed by atoms with van der Waals surface area (Å²) in [5.41, 5.74) is 8.97. The van der Waals surface area contributed by atoms with Crippen LogP contribution in [0.1, 0.15) is 17.2 Å². The van der Waals surface area contributed by atoms with Crippen LogP contribution in [-0.2, 0) is 4.79 Å². The number of ether oxygens (including phenoxy) is 1. The van der Waals surface area contributed by atoms with Gasteiger partial charge in [0, 0.05) is 16.6 Å². The fraction of sp³-hybridized carbons (Fsp3) is 0.308. The van der Waals surface area contributed by atoms with Crippen molar-refractivity contribution >= 4 is 12.0 Å². The monoisotopic (exact) mass is 293 g/mol. The van der Waals surface area contributed by atoms with Gasteiger partial charge < -0.3 is 20.1 Å². The van der Waals surface area contributed by atoms with E-state index in [9.17, 15) is 15.0 Å². The van der Waals surface area contributed by atoms with Gasteiger partial charge in [-0.25, -0.2) is 4.79 Å². The van der Waals surface area contributed by atoms with Crippen molar-refractivity contribution in [1.29, 1.82) is 0 Å². The van der Waals surface area contributed by atoms with E-state index in [-0.39, 0.29) is 6.54 Å². The molecule has 3 N–H and O–H groups in total. The maximum absolute atomic E-state index is 10.6. The summed E-state index contributed by atoms with van der Waals surface area (Å²) < 4.78 is 5.08. The number of hydrogen-bond donors (Lipinski definition) is 3. The SMILES string of the molecule is COc1ccc(C(O)C(O)CN=[N+]=[N-])cc1/C=C/C(=O)O. The Hall–Kier alpha value is -2.54. The van der Waals surface area contributed by atoms with E-state index in [1.807, 2.05) is 0 Å². The molecule has 0 saturated heterocycles. The Morgan fingerprint density at radius 3 is 2.81 bits per heavy atom. The molecule has 0 aliphatic rings. The van der Waals surface area contributed by atoms with Gasteiger partial charge in [0.05, 0.1) is 19.8 Å². The molecule has 0 heterocycles. The molecule has 0 saturated carbocycles. The molecule has 0 radical (unpaired) electrons. The van der Waals surface area contributed by atoms with Crippen molar-refractivity contribution in [3.05, 3.63) is 45.8 Å². The maximum atomic E-state index is 10.6. The lowest BCUT2D eigenvalue weighted by atomic mass is 10.0. The average Bonchev–Trinajstić information content (AvgIpc) is 2.49. The number of carbonyl (C=O) groups is 1. The van der Waals surface area contributed by atoms with Gasteiger partial charge in [-0.3, -0.25) is 0 Å². The van der Waals surface area contributed by atoms with Gasteiger partial charge in [-0.2, -0.15) is 0 Å². The predicted molar refractivity (Wildman–Crippen MR) is 74.6 cm³/mol. The Balaban J connectivity index is 3.06. The molecule has 0 aliphatic carbocycles. The highest BCUT2D eigenvalue weighted by molar-refractivity contribution is 5.86. The number of methoxy groups -OCH3 is 1. The van der Waals surface area contributed by atoms with Crippen LogP contribution in [0, 0.1) is 0 Å². The van der Waals surface area contributed by atoms with Crippen LogP contribution in [0.4, 0.5) is 0 Å². The Morgan fingerprint density at radius 2 is 2.24 bits per heavy atom. The van der Waals surface area contributed by atoms with Crippen molar-refractivity contribution in [2.75, 3.05) is 13.7 Å². The summed E-state index contributed by atoms with van der Waals surface area (Å²) in [5.74, 6) is -0.695. The van der Waals surface area contributed by atoms with Crippen molar-refractivity contribution in [3.63, 3.8) is 0 Å². The first-order valence-electron chi connectivity index (χ1n) is 5.95. The van der Waals surface area contributed by atoms with Gasteiger partial charge in [0.15, 0.2) is 0 Å². The fourth-order valence-electron chi connectivity index (χ4n) is 1.67. The van der Waals surface area contributed by atoms with Gasteiger partial charge in [0.1, 0.15) is 11.9 Å².